The lowest BCUT2D eigenvalue weighted by molar-refractivity contribution is -0.186. The third-order valence-corrected chi connectivity index (χ3v) is 6.61. The number of amides is 1. The minimum Gasteiger partial charge on any atom is -0.349 e. The molecule has 2 aliphatic heterocycles. The van der Waals surface area contributed by atoms with Gasteiger partial charge in [-0.25, -0.2) is 0 Å². The van der Waals surface area contributed by atoms with Crippen LogP contribution in [-0.4, -0.2) is 48.9 Å². The Hall–Kier alpha value is -1.43. The number of ether oxygens (including phenoxy) is 2. The van der Waals surface area contributed by atoms with Gasteiger partial charge >= 0.3 is 0 Å². The van der Waals surface area contributed by atoms with E-state index in [2.05, 4.69) is 29.3 Å². The third-order valence-electron chi connectivity index (χ3n) is 6.61. The molecular formula is C23H34N2O3. The summed E-state index contributed by atoms with van der Waals surface area (Å²) in [6.07, 6.45) is 9.45. The zero-order chi connectivity index (χ0) is 19.4. The Labute approximate surface area is 168 Å². The van der Waals surface area contributed by atoms with Gasteiger partial charge in [-0.2, -0.15) is 0 Å². The molecule has 0 radical (unpaired) electrons. The molecule has 28 heavy (non-hydrogen) atoms. The summed E-state index contributed by atoms with van der Waals surface area (Å²) in [6.45, 7) is 5.70. The quantitative estimate of drug-likeness (QED) is 0.830. The zero-order valence-electron chi connectivity index (χ0n) is 17.1. The van der Waals surface area contributed by atoms with Crippen LogP contribution >= 0.6 is 0 Å². The van der Waals surface area contributed by atoms with Crippen LogP contribution in [0.2, 0.25) is 0 Å². The molecule has 5 heteroatoms. The number of likely N-dealkylation sites (tertiary alicyclic amines) is 1. The molecule has 2 unspecified atom stereocenters. The molecule has 4 rings (SSSR count). The molecule has 1 aromatic rings. The van der Waals surface area contributed by atoms with Gasteiger partial charge in [0.2, 0.25) is 0 Å². The second-order valence-electron chi connectivity index (χ2n) is 8.63. The number of hydrogen-bond acceptors (Lipinski definition) is 4. The number of nitrogens with zero attached hydrogens (tertiary/aromatic N) is 1. The predicted octanol–water partition coefficient (Wildman–Crippen LogP) is 4.04. The maximum atomic E-state index is 12.5. The van der Waals surface area contributed by atoms with E-state index in [1.165, 1.54) is 57.2 Å². The van der Waals surface area contributed by atoms with Crippen molar-refractivity contribution in [2.45, 2.75) is 76.2 Å². The molecule has 1 aromatic carbocycles. The maximum absolute atomic E-state index is 12.5. The van der Waals surface area contributed by atoms with Crippen molar-refractivity contribution in [2.75, 3.05) is 26.2 Å². The first-order chi connectivity index (χ1) is 13.7. The van der Waals surface area contributed by atoms with Crippen molar-refractivity contribution >= 4 is 5.91 Å². The molecule has 154 valence electrons. The molecule has 0 bridgehead atoms. The summed E-state index contributed by atoms with van der Waals surface area (Å²) in [7, 11) is 0. The lowest BCUT2D eigenvalue weighted by atomic mass is 9.94. The van der Waals surface area contributed by atoms with Crippen LogP contribution in [0.5, 0.6) is 0 Å². The normalized spacial score (nSPS) is 26.2. The summed E-state index contributed by atoms with van der Waals surface area (Å²) >= 11 is 0. The summed E-state index contributed by atoms with van der Waals surface area (Å²) < 4.78 is 12.1. The van der Waals surface area contributed by atoms with E-state index in [1.807, 2.05) is 12.1 Å². The summed E-state index contributed by atoms with van der Waals surface area (Å²) in [5.41, 5.74) is 1.99. The van der Waals surface area contributed by atoms with Crippen LogP contribution in [0.15, 0.2) is 24.3 Å². The first kappa shape index (κ1) is 19.9. The number of nitrogens with one attached hydrogen (secondary N) is 1. The fraction of sp³-hybridized carbons (Fsp3) is 0.696. The second-order valence-corrected chi connectivity index (χ2v) is 8.63. The van der Waals surface area contributed by atoms with Gasteiger partial charge in [-0.05, 0) is 63.4 Å². The van der Waals surface area contributed by atoms with Gasteiger partial charge in [-0.3, -0.25) is 9.69 Å². The molecular weight excluding hydrogens is 352 g/mol. The molecule has 1 saturated carbocycles. The van der Waals surface area contributed by atoms with E-state index < -0.39 is 0 Å². The van der Waals surface area contributed by atoms with E-state index in [4.69, 9.17) is 9.47 Å². The molecule has 1 amide bonds. The van der Waals surface area contributed by atoms with Crippen molar-refractivity contribution in [1.29, 1.82) is 0 Å². The molecule has 1 aliphatic carbocycles. The van der Waals surface area contributed by atoms with Gasteiger partial charge in [-0.1, -0.05) is 25.0 Å². The smallest absolute Gasteiger partial charge is 0.251 e. The fourth-order valence-electron chi connectivity index (χ4n) is 4.81. The third kappa shape index (κ3) is 4.58. The topological polar surface area (TPSA) is 50.8 Å². The number of rotatable bonds is 5. The van der Waals surface area contributed by atoms with Gasteiger partial charge in [-0.15, -0.1) is 0 Å². The Morgan fingerprint density at radius 2 is 1.79 bits per heavy atom. The second kappa shape index (κ2) is 8.93. The van der Waals surface area contributed by atoms with E-state index >= 15 is 0 Å². The van der Waals surface area contributed by atoms with E-state index in [0.29, 0.717) is 24.8 Å². The number of benzene rings is 1. The predicted molar refractivity (Wildman–Crippen MR) is 109 cm³/mol. The molecule has 2 heterocycles. The van der Waals surface area contributed by atoms with E-state index in [1.54, 1.807) is 0 Å². The van der Waals surface area contributed by atoms with Gasteiger partial charge in [0.05, 0.1) is 6.61 Å². The van der Waals surface area contributed by atoms with Crippen molar-refractivity contribution in [2.24, 2.45) is 0 Å². The van der Waals surface area contributed by atoms with Crippen LogP contribution in [-0.2, 0) is 9.47 Å². The average Bonchev–Trinajstić information content (AvgIpc) is 3.15. The van der Waals surface area contributed by atoms with Crippen LogP contribution in [0.4, 0.5) is 0 Å². The molecule has 5 nitrogen and oxygen atoms in total. The van der Waals surface area contributed by atoms with Crippen LogP contribution in [0.1, 0.15) is 80.3 Å². The van der Waals surface area contributed by atoms with Crippen molar-refractivity contribution < 1.29 is 14.3 Å². The molecule has 3 aliphatic rings. The number of carbonyl (C=O) groups is 1. The molecule has 0 aromatic heterocycles. The van der Waals surface area contributed by atoms with Gasteiger partial charge < -0.3 is 14.8 Å². The minimum absolute atomic E-state index is 0.0367. The zero-order valence-corrected chi connectivity index (χ0v) is 17.1. The van der Waals surface area contributed by atoms with Gasteiger partial charge in [0.25, 0.3) is 5.91 Å². The van der Waals surface area contributed by atoms with Crippen LogP contribution < -0.4 is 5.32 Å². The average molecular weight is 387 g/mol. The Balaban J connectivity index is 1.27. The van der Waals surface area contributed by atoms with Crippen molar-refractivity contribution in [3.05, 3.63) is 35.4 Å². The molecule has 2 saturated heterocycles. The Morgan fingerprint density at radius 1 is 1.11 bits per heavy atom. The molecule has 1 spiro atoms. The number of hydrogen-bond donors (Lipinski definition) is 1. The molecule has 3 fully saturated rings. The van der Waals surface area contributed by atoms with Crippen molar-refractivity contribution in [3.63, 3.8) is 0 Å². The minimum atomic E-state index is -0.375. The van der Waals surface area contributed by atoms with Crippen LogP contribution in [0.3, 0.4) is 0 Å². The summed E-state index contributed by atoms with van der Waals surface area (Å²) in [5, 5.41) is 3.02. The van der Waals surface area contributed by atoms with Crippen molar-refractivity contribution in [3.8, 4) is 0 Å². The van der Waals surface area contributed by atoms with E-state index in [0.717, 1.165) is 12.8 Å². The van der Waals surface area contributed by atoms with Crippen LogP contribution in [0.25, 0.3) is 0 Å². The molecule has 2 atom stereocenters. The van der Waals surface area contributed by atoms with Gasteiger partial charge in [0.1, 0.15) is 6.10 Å². The molecule has 1 N–H and O–H groups in total. The highest BCUT2D eigenvalue weighted by molar-refractivity contribution is 5.94. The Kier molecular flexibility index (Phi) is 6.34. The highest BCUT2D eigenvalue weighted by Crippen LogP contribution is 2.37. The highest BCUT2D eigenvalue weighted by Gasteiger charge is 2.42. The Bertz CT molecular complexity index is 648. The van der Waals surface area contributed by atoms with Crippen LogP contribution in [0, 0.1) is 0 Å². The van der Waals surface area contributed by atoms with Crippen molar-refractivity contribution in [1.82, 2.24) is 10.2 Å². The first-order valence-electron chi connectivity index (χ1n) is 11.1. The lowest BCUT2D eigenvalue weighted by Gasteiger charge is -2.32. The monoisotopic (exact) mass is 386 g/mol. The Morgan fingerprint density at radius 3 is 2.50 bits per heavy atom. The summed E-state index contributed by atoms with van der Waals surface area (Å²) in [6, 6.07) is 8.49. The van der Waals surface area contributed by atoms with Gasteiger partial charge in [0, 0.05) is 31.0 Å². The largest absolute Gasteiger partial charge is 0.349 e. The highest BCUT2D eigenvalue weighted by atomic mass is 16.7. The van der Waals surface area contributed by atoms with E-state index in [9.17, 15) is 4.79 Å². The maximum Gasteiger partial charge on any atom is 0.251 e. The lowest BCUT2D eigenvalue weighted by Crippen LogP contribution is -2.37. The number of piperidine rings is 1. The number of carbonyl (C=O) groups excluding carboxylic acids is 1. The van der Waals surface area contributed by atoms with E-state index in [-0.39, 0.29) is 17.8 Å². The van der Waals surface area contributed by atoms with Gasteiger partial charge in [0.15, 0.2) is 5.79 Å². The SMILES string of the molecule is CC(c1ccc(C(=O)NCC2COC3(CCCCC3)O2)cc1)N1CCCCC1. The first-order valence-corrected chi connectivity index (χ1v) is 11.1. The summed E-state index contributed by atoms with van der Waals surface area (Å²) in [5.74, 6) is -0.412. The summed E-state index contributed by atoms with van der Waals surface area (Å²) in [4.78, 5) is 15.1. The fourth-order valence-corrected chi connectivity index (χ4v) is 4.81. The standard InChI is InChI=1S/C23H34N2O3/c1-18(25-14-6-3-7-15-25)19-8-10-20(11-9-19)22(26)24-16-21-17-27-23(28-21)12-4-2-5-13-23/h8-11,18,21H,2-7,12-17H2,1H3,(H,24,26).